The Morgan fingerprint density at radius 1 is 1.19 bits per heavy atom. The topological polar surface area (TPSA) is 54.2 Å². The summed E-state index contributed by atoms with van der Waals surface area (Å²) >= 11 is 0. The van der Waals surface area contributed by atoms with E-state index in [0.29, 0.717) is 11.6 Å². The van der Waals surface area contributed by atoms with Crippen molar-refractivity contribution in [2.75, 3.05) is 18.0 Å². The van der Waals surface area contributed by atoms with Gasteiger partial charge in [0.15, 0.2) is 0 Å². The van der Waals surface area contributed by atoms with Crippen molar-refractivity contribution < 1.29 is 5.11 Å². The molecule has 2 aromatic rings. The largest absolute Gasteiger partial charge is 0.390 e. The maximum absolute atomic E-state index is 9.41. The molecule has 0 aliphatic heterocycles. The highest BCUT2D eigenvalue weighted by Crippen LogP contribution is 2.42. The number of aromatic nitrogens is 3. The minimum Gasteiger partial charge on any atom is -0.390 e. The Bertz CT molecular complexity index is 597. The van der Waals surface area contributed by atoms with Crippen LogP contribution in [0.2, 0.25) is 0 Å². The highest BCUT2D eigenvalue weighted by Gasteiger charge is 2.31. The molecule has 1 aliphatic rings. The van der Waals surface area contributed by atoms with Crippen molar-refractivity contribution in [1.29, 1.82) is 0 Å². The zero-order valence-corrected chi connectivity index (χ0v) is 12.7. The van der Waals surface area contributed by atoms with Crippen LogP contribution in [-0.4, -0.2) is 33.2 Å². The van der Waals surface area contributed by atoms with E-state index >= 15 is 0 Å². The minimum absolute atomic E-state index is 0.0383. The molecule has 1 aromatic carbocycles. The first-order valence-electron chi connectivity index (χ1n) is 7.69. The molecule has 1 aliphatic carbocycles. The number of hydrogen-bond acceptors (Lipinski definition) is 4. The van der Waals surface area contributed by atoms with Crippen LogP contribution in [0.4, 0.5) is 5.69 Å². The van der Waals surface area contributed by atoms with Crippen molar-refractivity contribution >= 4 is 5.69 Å². The molecule has 1 N–H and O–H groups in total. The third-order valence-electron chi connectivity index (χ3n) is 4.12. The predicted octanol–water partition coefficient (Wildman–Crippen LogP) is 2.48. The number of rotatable bonds is 6. The maximum atomic E-state index is 9.41. The van der Waals surface area contributed by atoms with Crippen molar-refractivity contribution in [3.05, 3.63) is 35.7 Å². The van der Waals surface area contributed by atoms with Crippen molar-refractivity contribution in [2.45, 2.75) is 39.2 Å². The van der Waals surface area contributed by atoms with E-state index in [4.69, 9.17) is 0 Å². The first kappa shape index (κ1) is 14.1. The Kier molecular flexibility index (Phi) is 3.92. The predicted molar refractivity (Wildman–Crippen MR) is 82.8 cm³/mol. The van der Waals surface area contributed by atoms with Crippen LogP contribution in [0.5, 0.6) is 0 Å². The van der Waals surface area contributed by atoms with Gasteiger partial charge in [0.25, 0.3) is 0 Å². The molecule has 1 fully saturated rings. The molecule has 5 heteroatoms. The van der Waals surface area contributed by atoms with Gasteiger partial charge in [0.1, 0.15) is 5.69 Å². The third kappa shape index (κ3) is 2.65. The van der Waals surface area contributed by atoms with E-state index in [0.717, 1.165) is 37.3 Å². The average molecular weight is 286 g/mol. The fourth-order valence-electron chi connectivity index (χ4n) is 2.78. The zero-order chi connectivity index (χ0) is 14.8. The summed E-state index contributed by atoms with van der Waals surface area (Å²) in [7, 11) is 0. The van der Waals surface area contributed by atoms with Crippen molar-refractivity contribution in [2.24, 2.45) is 0 Å². The fourth-order valence-corrected chi connectivity index (χ4v) is 2.78. The molecule has 21 heavy (non-hydrogen) atoms. The molecular formula is C16H22N4O. The summed E-state index contributed by atoms with van der Waals surface area (Å²) in [6.07, 6.45) is 2.33. The van der Waals surface area contributed by atoms with E-state index < -0.39 is 0 Å². The summed E-state index contributed by atoms with van der Waals surface area (Å²) in [5, 5.41) is 17.8. The highest BCUT2D eigenvalue weighted by atomic mass is 16.3. The molecule has 0 bridgehead atoms. The summed E-state index contributed by atoms with van der Waals surface area (Å²) in [6.45, 7) is 6.28. The lowest BCUT2D eigenvalue weighted by Crippen LogP contribution is -2.21. The smallest absolute Gasteiger partial charge is 0.112 e. The number of hydrogen-bond donors (Lipinski definition) is 1. The van der Waals surface area contributed by atoms with Crippen LogP contribution in [0.3, 0.4) is 0 Å². The van der Waals surface area contributed by atoms with Crippen LogP contribution < -0.4 is 4.90 Å². The van der Waals surface area contributed by atoms with E-state index in [1.54, 1.807) is 0 Å². The summed E-state index contributed by atoms with van der Waals surface area (Å²) in [5.74, 6) is 0.504. The Morgan fingerprint density at radius 2 is 1.86 bits per heavy atom. The van der Waals surface area contributed by atoms with Gasteiger partial charge in [-0.2, -0.15) is 0 Å². The van der Waals surface area contributed by atoms with E-state index in [2.05, 4.69) is 53.3 Å². The number of aliphatic hydroxyl groups excluding tert-OH is 1. The van der Waals surface area contributed by atoms with E-state index in [9.17, 15) is 5.11 Å². The SMILES string of the molecule is CCN(CC)c1ccc(-n2nnc(CO)c2C2CC2)cc1. The monoisotopic (exact) mass is 286 g/mol. The van der Waals surface area contributed by atoms with Crippen LogP contribution in [0.15, 0.2) is 24.3 Å². The van der Waals surface area contributed by atoms with Gasteiger partial charge < -0.3 is 10.0 Å². The van der Waals surface area contributed by atoms with Crippen molar-refractivity contribution in [3.63, 3.8) is 0 Å². The van der Waals surface area contributed by atoms with E-state index in [-0.39, 0.29) is 6.61 Å². The lowest BCUT2D eigenvalue weighted by Gasteiger charge is -2.21. The van der Waals surface area contributed by atoms with Gasteiger partial charge in [0.05, 0.1) is 18.0 Å². The number of nitrogens with zero attached hydrogens (tertiary/aromatic N) is 4. The van der Waals surface area contributed by atoms with Crippen LogP contribution in [0.1, 0.15) is 44.0 Å². The molecule has 0 atom stereocenters. The second kappa shape index (κ2) is 5.85. The molecule has 0 spiro atoms. The van der Waals surface area contributed by atoms with Crippen LogP contribution >= 0.6 is 0 Å². The molecule has 0 amide bonds. The first-order chi connectivity index (χ1) is 10.3. The average Bonchev–Trinajstić information content (AvgIpc) is 3.28. The molecule has 112 valence electrons. The minimum atomic E-state index is -0.0383. The van der Waals surface area contributed by atoms with Crippen molar-refractivity contribution in [3.8, 4) is 5.69 Å². The summed E-state index contributed by atoms with van der Waals surface area (Å²) in [6, 6.07) is 8.41. The van der Waals surface area contributed by atoms with Gasteiger partial charge in [-0.15, -0.1) is 5.10 Å². The second-order valence-corrected chi connectivity index (χ2v) is 5.45. The maximum Gasteiger partial charge on any atom is 0.112 e. The Morgan fingerprint density at radius 3 is 2.38 bits per heavy atom. The van der Waals surface area contributed by atoms with Crippen LogP contribution in [-0.2, 0) is 6.61 Å². The summed E-state index contributed by atoms with van der Waals surface area (Å²) < 4.78 is 1.88. The van der Waals surface area contributed by atoms with Gasteiger partial charge in [0.2, 0.25) is 0 Å². The lowest BCUT2D eigenvalue weighted by atomic mass is 10.2. The molecule has 0 saturated heterocycles. The Balaban J connectivity index is 1.92. The lowest BCUT2D eigenvalue weighted by molar-refractivity contribution is 0.275. The number of benzene rings is 1. The Labute approximate surface area is 125 Å². The van der Waals surface area contributed by atoms with Gasteiger partial charge >= 0.3 is 0 Å². The van der Waals surface area contributed by atoms with Crippen molar-refractivity contribution in [1.82, 2.24) is 15.0 Å². The molecule has 5 nitrogen and oxygen atoms in total. The summed E-state index contributed by atoms with van der Waals surface area (Å²) in [4.78, 5) is 2.31. The van der Waals surface area contributed by atoms with Gasteiger partial charge in [-0.1, -0.05) is 5.21 Å². The molecule has 1 heterocycles. The van der Waals surface area contributed by atoms with Gasteiger partial charge in [0, 0.05) is 24.7 Å². The number of anilines is 1. The molecule has 1 aromatic heterocycles. The van der Waals surface area contributed by atoms with Gasteiger partial charge in [-0.3, -0.25) is 0 Å². The van der Waals surface area contributed by atoms with Gasteiger partial charge in [-0.05, 0) is 51.0 Å². The zero-order valence-electron chi connectivity index (χ0n) is 12.7. The number of aliphatic hydroxyl groups is 1. The highest BCUT2D eigenvalue weighted by molar-refractivity contribution is 5.51. The third-order valence-corrected chi connectivity index (χ3v) is 4.12. The van der Waals surface area contributed by atoms with E-state index in [1.807, 2.05) is 4.68 Å². The molecular weight excluding hydrogens is 264 g/mol. The first-order valence-corrected chi connectivity index (χ1v) is 7.69. The molecule has 3 rings (SSSR count). The van der Waals surface area contributed by atoms with Crippen LogP contribution in [0, 0.1) is 0 Å². The van der Waals surface area contributed by atoms with Gasteiger partial charge in [-0.25, -0.2) is 4.68 Å². The standard InChI is InChI=1S/C16H22N4O/c1-3-19(4-2)13-7-9-14(10-8-13)20-16(12-5-6-12)15(11-21)17-18-20/h7-10,12,21H,3-6,11H2,1-2H3. The molecule has 0 radical (unpaired) electrons. The Hall–Kier alpha value is -1.88. The second-order valence-electron chi connectivity index (χ2n) is 5.45. The van der Waals surface area contributed by atoms with Crippen LogP contribution in [0.25, 0.3) is 5.69 Å². The van der Waals surface area contributed by atoms with E-state index in [1.165, 1.54) is 5.69 Å². The normalized spacial score (nSPS) is 14.4. The molecule has 1 saturated carbocycles. The molecule has 0 unspecified atom stereocenters. The quantitative estimate of drug-likeness (QED) is 0.886. The fraction of sp³-hybridized carbons (Fsp3) is 0.500. The summed E-state index contributed by atoms with van der Waals surface area (Å²) in [5.41, 5.74) is 4.03.